The van der Waals surface area contributed by atoms with Crippen LogP contribution in [0.2, 0.25) is 0 Å². The quantitative estimate of drug-likeness (QED) is 0.186. The van der Waals surface area contributed by atoms with Gasteiger partial charge in [0.05, 0.1) is 12.4 Å². The minimum Gasteiger partial charge on any atom is -0.494 e. The summed E-state index contributed by atoms with van der Waals surface area (Å²) >= 11 is 0. The Bertz CT molecular complexity index is 946. The van der Waals surface area contributed by atoms with Gasteiger partial charge in [0.2, 0.25) is 0 Å². The van der Waals surface area contributed by atoms with Crippen molar-refractivity contribution in [2.24, 2.45) is 10.4 Å². The molecule has 0 radical (unpaired) electrons. The van der Waals surface area contributed by atoms with Crippen LogP contribution in [0.3, 0.4) is 0 Å². The maximum Gasteiger partial charge on any atom is 0.191 e. The molecule has 6 nitrogen and oxygen atoms in total. The van der Waals surface area contributed by atoms with E-state index in [1.807, 2.05) is 39.0 Å². The number of nitrogens with one attached hydrogen (secondary N) is 2. The molecule has 0 saturated carbocycles. The molecule has 31 heavy (non-hydrogen) atoms. The van der Waals surface area contributed by atoms with Crippen LogP contribution in [0.15, 0.2) is 47.5 Å². The topological polar surface area (TPSA) is 79.8 Å². The second-order valence-corrected chi connectivity index (χ2v) is 10.6. The molecule has 0 saturated heterocycles. The summed E-state index contributed by atoms with van der Waals surface area (Å²) in [7, 11) is -2.96. The zero-order valence-corrected chi connectivity index (χ0v) is 22.1. The van der Waals surface area contributed by atoms with Gasteiger partial charge in [0, 0.05) is 25.9 Å². The van der Waals surface area contributed by atoms with E-state index in [4.69, 9.17) is 4.74 Å². The van der Waals surface area contributed by atoms with E-state index in [2.05, 4.69) is 39.9 Å². The maximum atomic E-state index is 11.4. The molecule has 2 rings (SSSR count). The molecule has 2 aromatic rings. The molecule has 2 N–H and O–H groups in total. The SMILES string of the molecule is CCNC(=NCC(C)(C)CCS(C)(=O)=O)NCCCOc1ccc2ccccc2c1.I. The third-order valence-corrected chi connectivity index (χ3v) is 5.71. The molecule has 174 valence electrons. The number of guanidine groups is 1. The number of hydrogen-bond donors (Lipinski definition) is 2. The molecule has 0 spiro atoms. The van der Waals surface area contributed by atoms with Crippen LogP contribution in [-0.4, -0.2) is 52.6 Å². The van der Waals surface area contributed by atoms with Gasteiger partial charge < -0.3 is 15.4 Å². The molecule has 0 unspecified atom stereocenters. The fourth-order valence-corrected chi connectivity index (χ4v) is 3.83. The van der Waals surface area contributed by atoms with E-state index in [-0.39, 0.29) is 35.1 Å². The number of rotatable bonds is 11. The Hall–Kier alpha value is -1.55. The molecular weight excluding hydrogens is 525 g/mol. The van der Waals surface area contributed by atoms with Crippen molar-refractivity contribution in [1.29, 1.82) is 0 Å². The van der Waals surface area contributed by atoms with E-state index in [1.165, 1.54) is 17.0 Å². The first-order valence-electron chi connectivity index (χ1n) is 10.5. The summed E-state index contributed by atoms with van der Waals surface area (Å²) in [6.45, 7) is 8.79. The summed E-state index contributed by atoms with van der Waals surface area (Å²) in [5.74, 6) is 1.81. The molecule has 0 aliphatic heterocycles. The summed E-state index contributed by atoms with van der Waals surface area (Å²) in [4.78, 5) is 4.63. The van der Waals surface area contributed by atoms with E-state index in [1.54, 1.807) is 0 Å². The zero-order valence-electron chi connectivity index (χ0n) is 19.0. The van der Waals surface area contributed by atoms with Crippen molar-refractivity contribution >= 4 is 50.5 Å². The van der Waals surface area contributed by atoms with Crippen molar-refractivity contribution < 1.29 is 13.2 Å². The Morgan fingerprint density at radius 2 is 1.81 bits per heavy atom. The lowest BCUT2D eigenvalue weighted by atomic mass is 9.90. The van der Waals surface area contributed by atoms with Gasteiger partial charge in [-0.3, -0.25) is 4.99 Å². The Balaban J connectivity index is 0.00000480. The van der Waals surface area contributed by atoms with Crippen molar-refractivity contribution in [2.75, 3.05) is 38.2 Å². The first kappa shape index (κ1) is 27.5. The Morgan fingerprint density at radius 3 is 2.48 bits per heavy atom. The molecule has 0 amide bonds. The van der Waals surface area contributed by atoms with Gasteiger partial charge in [-0.2, -0.15) is 0 Å². The summed E-state index contributed by atoms with van der Waals surface area (Å²) in [6.07, 6.45) is 2.71. The molecule has 8 heteroatoms. The number of halogens is 1. The zero-order chi connectivity index (χ0) is 22.0. The van der Waals surface area contributed by atoms with Gasteiger partial charge in [-0.05, 0) is 48.1 Å². The van der Waals surface area contributed by atoms with Gasteiger partial charge in [-0.1, -0.05) is 44.2 Å². The number of nitrogens with zero attached hydrogens (tertiary/aromatic N) is 1. The van der Waals surface area contributed by atoms with Crippen LogP contribution in [0.1, 0.15) is 33.6 Å². The summed E-state index contributed by atoms with van der Waals surface area (Å²) < 4.78 is 28.7. The molecule has 2 aromatic carbocycles. The smallest absolute Gasteiger partial charge is 0.191 e. The average molecular weight is 562 g/mol. The number of fused-ring (bicyclic) bond motifs is 1. The lowest BCUT2D eigenvalue weighted by molar-refractivity contribution is 0.311. The molecular formula is C23H36IN3O3S. The number of benzene rings is 2. The van der Waals surface area contributed by atoms with Crippen LogP contribution < -0.4 is 15.4 Å². The van der Waals surface area contributed by atoms with Crippen molar-refractivity contribution in [3.8, 4) is 5.75 Å². The maximum absolute atomic E-state index is 11.4. The van der Waals surface area contributed by atoms with Gasteiger partial charge in [0.1, 0.15) is 15.6 Å². The normalized spacial score (nSPS) is 12.3. The Kier molecular flexibility index (Phi) is 11.6. The van der Waals surface area contributed by atoms with Crippen LogP contribution in [-0.2, 0) is 9.84 Å². The highest BCUT2D eigenvalue weighted by Gasteiger charge is 2.20. The van der Waals surface area contributed by atoms with Crippen molar-refractivity contribution in [2.45, 2.75) is 33.6 Å². The number of ether oxygens (including phenoxy) is 1. The Morgan fingerprint density at radius 1 is 1.10 bits per heavy atom. The molecule has 0 fully saturated rings. The molecule has 0 atom stereocenters. The second-order valence-electron chi connectivity index (χ2n) is 8.38. The van der Waals surface area contributed by atoms with Crippen molar-refractivity contribution in [1.82, 2.24) is 10.6 Å². The lowest BCUT2D eigenvalue weighted by Crippen LogP contribution is -2.39. The summed E-state index contributed by atoms with van der Waals surface area (Å²) in [5, 5.41) is 8.94. The minimum absolute atomic E-state index is 0. The fraction of sp³-hybridized carbons (Fsp3) is 0.522. The first-order valence-corrected chi connectivity index (χ1v) is 12.6. The highest BCUT2D eigenvalue weighted by atomic mass is 127. The Labute approximate surface area is 204 Å². The second kappa shape index (κ2) is 13.1. The third-order valence-electron chi connectivity index (χ3n) is 4.76. The summed E-state index contributed by atoms with van der Waals surface area (Å²) in [6, 6.07) is 14.4. The highest BCUT2D eigenvalue weighted by Crippen LogP contribution is 2.22. The van der Waals surface area contributed by atoms with E-state index in [9.17, 15) is 8.42 Å². The van der Waals surface area contributed by atoms with Crippen LogP contribution in [0.4, 0.5) is 0 Å². The number of aliphatic imine (C=N–C) groups is 1. The van der Waals surface area contributed by atoms with E-state index in [0.717, 1.165) is 31.2 Å². The van der Waals surface area contributed by atoms with E-state index in [0.29, 0.717) is 19.6 Å². The molecule has 0 heterocycles. The van der Waals surface area contributed by atoms with E-state index < -0.39 is 9.84 Å². The largest absolute Gasteiger partial charge is 0.494 e. The monoisotopic (exact) mass is 561 g/mol. The summed E-state index contributed by atoms with van der Waals surface area (Å²) in [5.41, 5.74) is -0.176. The van der Waals surface area contributed by atoms with Crippen LogP contribution in [0.25, 0.3) is 10.8 Å². The lowest BCUT2D eigenvalue weighted by Gasteiger charge is -2.22. The van der Waals surface area contributed by atoms with Crippen LogP contribution in [0, 0.1) is 5.41 Å². The van der Waals surface area contributed by atoms with Crippen LogP contribution >= 0.6 is 24.0 Å². The number of sulfone groups is 1. The predicted octanol–water partition coefficient (Wildman–Crippen LogP) is 4.24. The molecule has 0 aromatic heterocycles. The van der Waals surface area contributed by atoms with Crippen molar-refractivity contribution in [3.05, 3.63) is 42.5 Å². The first-order chi connectivity index (χ1) is 14.2. The fourth-order valence-electron chi connectivity index (χ4n) is 2.90. The highest BCUT2D eigenvalue weighted by molar-refractivity contribution is 14.0. The van der Waals surface area contributed by atoms with Crippen LogP contribution in [0.5, 0.6) is 5.75 Å². The van der Waals surface area contributed by atoms with Gasteiger partial charge >= 0.3 is 0 Å². The molecule has 0 bridgehead atoms. The van der Waals surface area contributed by atoms with Gasteiger partial charge in [-0.25, -0.2) is 8.42 Å². The van der Waals surface area contributed by atoms with E-state index >= 15 is 0 Å². The standard InChI is InChI=1S/C23H35N3O3S.HI/c1-5-24-22(26-18-23(2,3)13-16-30(4,27)28)25-14-8-15-29-21-12-11-19-9-6-7-10-20(19)17-21;/h6-7,9-12,17H,5,8,13-16,18H2,1-4H3,(H2,24,25,26);1H. The van der Waals surface area contributed by atoms with Gasteiger partial charge in [0.15, 0.2) is 5.96 Å². The van der Waals surface area contributed by atoms with Gasteiger partial charge in [0.25, 0.3) is 0 Å². The molecule has 0 aliphatic carbocycles. The average Bonchev–Trinajstić information content (AvgIpc) is 2.70. The molecule has 0 aliphatic rings. The number of hydrogen-bond acceptors (Lipinski definition) is 4. The predicted molar refractivity (Wildman–Crippen MR) is 142 cm³/mol. The van der Waals surface area contributed by atoms with Gasteiger partial charge in [-0.15, -0.1) is 24.0 Å². The minimum atomic E-state index is -2.96. The third kappa shape index (κ3) is 11.0. The van der Waals surface area contributed by atoms with Crippen molar-refractivity contribution in [3.63, 3.8) is 0 Å².